The summed E-state index contributed by atoms with van der Waals surface area (Å²) in [7, 11) is -2.96. The van der Waals surface area contributed by atoms with Gasteiger partial charge in [0, 0.05) is 16.0 Å². The fourth-order valence-corrected chi connectivity index (χ4v) is 12.2. The molecular weight excluding hydrogens is 645 g/mol. The molecule has 1 aliphatic heterocycles. The summed E-state index contributed by atoms with van der Waals surface area (Å²) in [5.74, 6) is -1.91. The minimum absolute atomic E-state index is 0.122. The predicted octanol–water partition coefficient (Wildman–Crippen LogP) is 8.50. The molecule has 5 rings (SSSR count). The average Bonchev–Trinajstić information content (AvgIpc) is 3.05. The first-order valence-corrected chi connectivity index (χ1v) is 18.8. The monoisotopic (exact) mass is 687 g/mol. The van der Waals surface area contributed by atoms with Gasteiger partial charge in [0.25, 0.3) is 8.32 Å². The Morgan fingerprint density at radius 2 is 1.47 bits per heavy atom. The van der Waals surface area contributed by atoms with Crippen molar-refractivity contribution in [3.63, 3.8) is 0 Å². The summed E-state index contributed by atoms with van der Waals surface area (Å²) in [4.78, 5) is 29.5. The molecule has 5 nitrogen and oxygen atoms in total. The number of carbonyl (C=O) groups is 2. The van der Waals surface area contributed by atoms with E-state index in [0.717, 1.165) is 21.5 Å². The van der Waals surface area contributed by atoms with Crippen LogP contribution in [0, 0.1) is 5.41 Å². The van der Waals surface area contributed by atoms with Gasteiger partial charge < -0.3 is 14.4 Å². The number of aliphatic carboxylic acids is 1. The third-order valence-electron chi connectivity index (χ3n) is 9.75. The largest absolute Gasteiger partial charge is 0.480 e. The van der Waals surface area contributed by atoms with Crippen LogP contribution >= 0.6 is 23.2 Å². The first-order chi connectivity index (χ1) is 22.3. The molecule has 1 N–H and O–H groups in total. The van der Waals surface area contributed by atoms with E-state index in [-0.39, 0.29) is 24.0 Å². The van der Waals surface area contributed by atoms with Gasteiger partial charge >= 0.3 is 5.97 Å². The number of piperidine rings is 1. The Balaban J connectivity index is 1.68. The maximum atomic E-state index is 14.7. The van der Waals surface area contributed by atoms with Crippen molar-refractivity contribution in [1.29, 1.82) is 0 Å². The molecule has 47 heavy (non-hydrogen) atoms. The summed E-state index contributed by atoms with van der Waals surface area (Å²) in [6.07, 6.45) is 0.684. The Morgan fingerprint density at radius 3 is 1.96 bits per heavy atom. The highest BCUT2D eigenvalue weighted by Crippen LogP contribution is 2.51. The number of carboxylic acid groups (broad SMARTS) is 1. The minimum Gasteiger partial charge on any atom is -0.480 e. The first kappa shape index (κ1) is 34.9. The second-order valence-electron chi connectivity index (χ2n) is 13.7. The molecule has 0 spiro atoms. The molecule has 0 radical (unpaired) electrons. The average molecular weight is 689 g/mol. The van der Waals surface area contributed by atoms with Crippen molar-refractivity contribution in [1.82, 2.24) is 4.90 Å². The van der Waals surface area contributed by atoms with Gasteiger partial charge in [-0.15, -0.1) is 0 Å². The van der Waals surface area contributed by atoms with Crippen molar-refractivity contribution in [2.75, 3.05) is 6.61 Å². The molecule has 8 heteroatoms. The molecule has 0 aliphatic carbocycles. The number of nitrogens with zero attached hydrogens (tertiary/aromatic N) is 1. The Morgan fingerprint density at radius 1 is 0.894 bits per heavy atom. The number of likely N-dealkylation sites (tertiary alicyclic amines) is 1. The minimum atomic E-state index is -2.96. The van der Waals surface area contributed by atoms with Crippen LogP contribution < -0.4 is 10.4 Å². The zero-order valence-electron chi connectivity index (χ0n) is 27.6. The van der Waals surface area contributed by atoms with Crippen molar-refractivity contribution in [3.8, 4) is 0 Å². The van der Waals surface area contributed by atoms with Crippen LogP contribution in [0.15, 0.2) is 109 Å². The summed E-state index contributed by atoms with van der Waals surface area (Å²) in [6.45, 7) is 10.5. The number of benzene rings is 4. The van der Waals surface area contributed by atoms with Gasteiger partial charge in [-0.1, -0.05) is 136 Å². The number of hydrogen-bond acceptors (Lipinski definition) is 3. The van der Waals surface area contributed by atoms with Crippen molar-refractivity contribution in [2.24, 2.45) is 5.41 Å². The summed E-state index contributed by atoms with van der Waals surface area (Å²) < 4.78 is 7.37. The second-order valence-corrected chi connectivity index (χ2v) is 18.9. The zero-order valence-corrected chi connectivity index (χ0v) is 30.1. The molecule has 1 aliphatic rings. The Bertz CT molecular complexity index is 1650. The normalized spacial score (nSPS) is 21.0. The second kappa shape index (κ2) is 14.0. The maximum absolute atomic E-state index is 14.7. The van der Waals surface area contributed by atoms with E-state index in [4.69, 9.17) is 27.6 Å². The van der Waals surface area contributed by atoms with Crippen LogP contribution in [0.2, 0.25) is 15.1 Å². The third kappa shape index (κ3) is 6.66. The first-order valence-electron chi connectivity index (χ1n) is 16.2. The lowest BCUT2D eigenvalue weighted by molar-refractivity contribution is -0.170. The fourth-order valence-electron chi connectivity index (χ4n) is 7.28. The van der Waals surface area contributed by atoms with E-state index in [1.165, 1.54) is 0 Å². The van der Waals surface area contributed by atoms with Crippen molar-refractivity contribution in [2.45, 2.75) is 70.5 Å². The van der Waals surface area contributed by atoms with Crippen molar-refractivity contribution < 1.29 is 19.1 Å². The molecular formula is C39H43Cl2NO4Si. The zero-order chi connectivity index (χ0) is 34.0. The molecule has 1 amide bonds. The van der Waals surface area contributed by atoms with E-state index in [1.807, 2.05) is 90.7 Å². The van der Waals surface area contributed by atoms with Gasteiger partial charge in [-0.2, -0.15) is 0 Å². The quantitative estimate of drug-likeness (QED) is 0.134. The molecule has 246 valence electrons. The number of carbonyl (C=O) groups excluding carboxylic acids is 1. The van der Waals surface area contributed by atoms with Crippen LogP contribution in [0.4, 0.5) is 0 Å². The number of hydrogen-bond donors (Lipinski definition) is 1. The summed E-state index contributed by atoms with van der Waals surface area (Å²) >= 11 is 12.8. The van der Waals surface area contributed by atoms with E-state index in [2.05, 4.69) is 45.0 Å². The van der Waals surface area contributed by atoms with Crippen LogP contribution in [0.25, 0.3) is 0 Å². The van der Waals surface area contributed by atoms with Gasteiger partial charge in [-0.3, -0.25) is 9.59 Å². The topological polar surface area (TPSA) is 66.8 Å². The standard InChI is InChI=1S/C39H43Cl2NO4Si/c1-6-31(26-46-47(38(2,3)4,32-16-9-7-10-17-32)33-18-11-8-12-19-33)42-35(27-20-22-29(40)23-21-27)34(28-14-13-15-30(41)24-28)25-39(5,36(42)43)37(44)45/h7-24,31,34-35H,6,25-26H2,1-5H3,(H,44,45)/t31-,34?,35?,39?/m0/s1. The van der Waals surface area contributed by atoms with Gasteiger partial charge in [0.15, 0.2) is 0 Å². The molecule has 1 saturated heterocycles. The van der Waals surface area contributed by atoms with Crippen molar-refractivity contribution in [3.05, 3.63) is 130 Å². The number of halogens is 2. The predicted molar refractivity (Wildman–Crippen MR) is 193 cm³/mol. The highest BCUT2D eigenvalue weighted by atomic mass is 35.5. The lowest BCUT2D eigenvalue weighted by atomic mass is 9.68. The van der Waals surface area contributed by atoms with E-state index in [9.17, 15) is 14.7 Å². The highest BCUT2D eigenvalue weighted by Gasteiger charge is 2.56. The molecule has 0 saturated carbocycles. The third-order valence-corrected chi connectivity index (χ3v) is 15.2. The summed E-state index contributed by atoms with van der Waals surface area (Å²) in [6, 6.07) is 34.9. The van der Waals surface area contributed by atoms with Gasteiger partial charge in [-0.05, 0) is 70.6 Å². The fraction of sp³-hybridized carbons (Fsp3) is 0.333. The molecule has 4 aromatic rings. The van der Waals surface area contributed by atoms with Crippen molar-refractivity contribution >= 4 is 53.8 Å². The molecule has 0 aromatic heterocycles. The van der Waals surface area contributed by atoms with Crippen LogP contribution in [0.1, 0.15) is 70.5 Å². The SMILES string of the molecule is CC[C@@H](CO[Si](c1ccccc1)(c1ccccc1)C(C)(C)C)N1C(=O)C(C)(C(=O)O)CC(c2cccc(Cl)c2)C1c1ccc(Cl)cc1. The number of rotatable bonds is 10. The van der Waals surface area contributed by atoms with E-state index in [1.54, 1.807) is 13.0 Å². The maximum Gasteiger partial charge on any atom is 0.318 e. The van der Waals surface area contributed by atoms with Crippen LogP contribution in [0.5, 0.6) is 0 Å². The smallest absolute Gasteiger partial charge is 0.318 e. The molecule has 1 fully saturated rings. The Labute approximate surface area is 289 Å². The number of amides is 1. The highest BCUT2D eigenvalue weighted by molar-refractivity contribution is 6.99. The Hall–Kier alpha value is -3.42. The van der Waals surface area contributed by atoms with Crippen LogP contribution in [-0.2, 0) is 14.0 Å². The number of carboxylic acids is 1. The Kier molecular flexibility index (Phi) is 10.4. The van der Waals surface area contributed by atoms with E-state index in [0.29, 0.717) is 16.5 Å². The van der Waals surface area contributed by atoms with Crippen LogP contribution in [-0.4, -0.2) is 42.8 Å². The van der Waals surface area contributed by atoms with Gasteiger partial charge in [0.2, 0.25) is 5.91 Å². The van der Waals surface area contributed by atoms with E-state index >= 15 is 0 Å². The summed E-state index contributed by atoms with van der Waals surface area (Å²) in [5.41, 5.74) is 0.107. The molecule has 4 atom stereocenters. The van der Waals surface area contributed by atoms with Gasteiger partial charge in [-0.25, -0.2) is 0 Å². The molecule has 0 bridgehead atoms. The van der Waals surface area contributed by atoms with Crippen LogP contribution in [0.3, 0.4) is 0 Å². The lowest BCUT2D eigenvalue weighted by Crippen LogP contribution is -2.68. The molecule has 4 aromatic carbocycles. The van der Waals surface area contributed by atoms with E-state index < -0.39 is 37.7 Å². The van der Waals surface area contributed by atoms with Gasteiger partial charge in [0.05, 0.1) is 18.7 Å². The molecule has 3 unspecified atom stereocenters. The van der Waals surface area contributed by atoms with Gasteiger partial charge in [0.1, 0.15) is 5.41 Å². The lowest BCUT2D eigenvalue weighted by Gasteiger charge is -2.51. The summed E-state index contributed by atoms with van der Waals surface area (Å²) in [5, 5.41) is 13.7. The molecule has 1 heterocycles.